The van der Waals surface area contributed by atoms with Crippen LogP contribution in [0.4, 0.5) is 0 Å². The van der Waals surface area contributed by atoms with Crippen LogP contribution in [-0.4, -0.2) is 54.2 Å². The first kappa shape index (κ1) is 15.1. The second-order valence-corrected chi connectivity index (χ2v) is 5.64. The van der Waals surface area contributed by atoms with E-state index in [4.69, 9.17) is 0 Å². The SMILES string of the molecule is CC(C(=O)O)N(C(=O)Cc1ccc(-n2cnnn2)cc1)C1CC1. The van der Waals surface area contributed by atoms with Crippen molar-refractivity contribution in [1.82, 2.24) is 25.1 Å². The minimum Gasteiger partial charge on any atom is -0.480 e. The molecule has 1 fully saturated rings. The monoisotopic (exact) mass is 315 g/mol. The molecule has 1 aliphatic rings. The van der Waals surface area contributed by atoms with Crippen LogP contribution >= 0.6 is 0 Å². The lowest BCUT2D eigenvalue weighted by Crippen LogP contribution is -2.45. The van der Waals surface area contributed by atoms with E-state index in [0.717, 1.165) is 24.1 Å². The molecule has 8 nitrogen and oxygen atoms in total. The van der Waals surface area contributed by atoms with Crippen LogP contribution in [0.3, 0.4) is 0 Å². The summed E-state index contributed by atoms with van der Waals surface area (Å²) in [5.74, 6) is -1.13. The molecular formula is C15H17N5O3. The zero-order valence-electron chi connectivity index (χ0n) is 12.7. The molecule has 1 saturated carbocycles. The average Bonchev–Trinajstić information content (AvgIpc) is 3.20. The van der Waals surface area contributed by atoms with Crippen molar-refractivity contribution < 1.29 is 14.7 Å². The highest BCUT2D eigenvalue weighted by molar-refractivity contribution is 5.85. The predicted molar refractivity (Wildman–Crippen MR) is 79.8 cm³/mol. The minimum atomic E-state index is -0.973. The van der Waals surface area contributed by atoms with E-state index in [2.05, 4.69) is 15.5 Å². The fourth-order valence-corrected chi connectivity index (χ4v) is 2.52. The Labute approximate surface area is 132 Å². The zero-order valence-corrected chi connectivity index (χ0v) is 12.7. The number of hydrogen-bond donors (Lipinski definition) is 1. The lowest BCUT2D eigenvalue weighted by atomic mass is 10.1. The Morgan fingerprint density at radius 2 is 2.04 bits per heavy atom. The van der Waals surface area contributed by atoms with Gasteiger partial charge in [-0.2, -0.15) is 0 Å². The number of carboxylic acids is 1. The average molecular weight is 315 g/mol. The van der Waals surface area contributed by atoms with Crippen LogP contribution in [-0.2, 0) is 16.0 Å². The van der Waals surface area contributed by atoms with Crippen molar-refractivity contribution in [1.29, 1.82) is 0 Å². The summed E-state index contributed by atoms with van der Waals surface area (Å²) in [5.41, 5.74) is 1.62. The first-order chi connectivity index (χ1) is 11.1. The lowest BCUT2D eigenvalue weighted by Gasteiger charge is -2.26. The number of rotatable bonds is 6. The molecule has 1 N–H and O–H groups in total. The molecule has 1 aliphatic carbocycles. The van der Waals surface area contributed by atoms with E-state index in [1.54, 1.807) is 6.92 Å². The third kappa shape index (κ3) is 3.36. The van der Waals surface area contributed by atoms with E-state index in [1.165, 1.54) is 15.9 Å². The number of nitrogens with zero attached hydrogens (tertiary/aromatic N) is 5. The summed E-state index contributed by atoms with van der Waals surface area (Å²) >= 11 is 0. The quantitative estimate of drug-likeness (QED) is 0.840. The Kier molecular flexibility index (Phi) is 4.05. The van der Waals surface area contributed by atoms with Gasteiger partial charge >= 0.3 is 5.97 Å². The summed E-state index contributed by atoms with van der Waals surface area (Å²) < 4.78 is 1.52. The van der Waals surface area contributed by atoms with Crippen molar-refractivity contribution in [2.45, 2.75) is 38.3 Å². The van der Waals surface area contributed by atoms with Crippen LogP contribution in [0.5, 0.6) is 0 Å². The van der Waals surface area contributed by atoms with Crippen molar-refractivity contribution >= 4 is 11.9 Å². The summed E-state index contributed by atoms with van der Waals surface area (Å²) in [5, 5.41) is 20.1. The third-order valence-corrected chi connectivity index (χ3v) is 3.91. The van der Waals surface area contributed by atoms with Crippen LogP contribution in [0.25, 0.3) is 5.69 Å². The van der Waals surface area contributed by atoms with Crippen LogP contribution in [0, 0.1) is 0 Å². The molecular weight excluding hydrogens is 298 g/mol. The van der Waals surface area contributed by atoms with Gasteiger partial charge in [-0.25, -0.2) is 9.48 Å². The Hall–Kier alpha value is -2.77. The molecule has 2 aromatic rings. The number of tetrazole rings is 1. The fourth-order valence-electron chi connectivity index (χ4n) is 2.52. The number of carbonyl (C=O) groups excluding carboxylic acids is 1. The van der Waals surface area contributed by atoms with Crippen LogP contribution < -0.4 is 0 Å². The summed E-state index contributed by atoms with van der Waals surface area (Å²) in [7, 11) is 0. The molecule has 3 rings (SSSR count). The van der Waals surface area contributed by atoms with Crippen molar-refractivity contribution in [3.8, 4) is 5.69 Å². The molecule has 1 amide bonds. The Morgan fingerprint density at radius 3 is 2.57 bits per heavy atom. The number of hydrogen-bond acceptors (Lipinski definition) is 5. The number of carbonyl (C=O) groups is 2. The second kappa shape index (κ2) is 6.15. The number of aliphatic carboxylic acids is 1. The molecule has 23 heavy (non-hydrogen) atoms. The number of carboxylic acid groups (broad SMARTS) is 1. The maximum atomic E-state index is 12.5. The topological polar surface area (TPSA) is 101 Å². The first-order valence-corrected chi connectivity index (χ1v) is 7.42. The standard InChI is InChI=1S/C15H17N5O3/c1-10(15(22)23)20(13-6-7-13)14(21)8-11-2-4-12(5-3-11)19-9-16-17-18-19/h2-5,9-10,13H,6-8H2,1H3,(H,22,23). The number of amides is 1. The van der Waals surface area contributed by atoms with Gasteiger partial charge in [-0.15, -0.1) is 5.10 Å². The van der Waals surface area contributed by atoms with E-state index in [0.29, 0.717) is 0 Å². The van der Waals surface area contributed by atoms with Crippen molar-refractivity contribution in [2.24, 2.45) is 0 Å². The Bertz CT molecular complexity index is 694. The molecule has 1 aromatic carbocycles. The van der Waals surface area contributed by atoms with Crippen molar-refractivity contribution in [3.05, 3.63) is 36.2 Å². The van der Waals surface area contributed by atoms with Gasteiger partial charge in [0.25, 0.3) is 0 Å². The van der Waals surface area contributed by atoms with Crippen molar-refractivity contribution in [3.63, 3.8) is 0 Å². The number of benzene rings is 1. The predicted octanol–water partition coefficient (Wildman–Crippen LogP) is 0.669. The summed E-state index contributed by atoms with van der Waals surface area (Å²) in [6, 6.07) is 6.56. The molecule has 0 bridgehead atoms. The molecule has 1 aromatic heterocycles. The van der Waals surface area contributed by atoms with Gasteiger partial charge in [0.15, 0.2) is 0 Å². The van der Waals surface area contributed by atoms with E-state index < -0.39 is 12.0 Å². The van der Waals surface area contributed by atoms with Crippen LogP contribution in [0.2, 0.25) is 0 Å². The maximum absolute atomic E-state index is 12.5. The highest BCUT2D eigenvalue weighted by atomic mass is 16.4. The molecule has 1 unspecified atom stereocenters. The summed E-state index contributed by atoms with van der Waals surface area (Å²) in [6.45, 7) is 1.55. The molecule has 120 valence electrons. The highest BCUT2D eigenvalue weighted by Gasteiger charge is 2.38. The van der Waals surface area contributed by atoms with Gasteiger partial charge in [0.1, 0.15) is 12.4 Å². The smallest absolute Gasteiger partial charge is 0.326 e. The molecule has 0 aliphatic heterocycles. The number of aromatic nitrogens is 4. The van der Waals surface area contributed by atoms with E-state index in [9.17, 15) is 14.7 Å². The second-order valence-electron chi connectivity index (χ2n) is 5.64. The van der Waals surface area contributed by atoms with Gasteiger partial charge in [-0.05, 0) is 47.9 Å². The molecule has 8 heteroatoms. The van der Waals surface area contributed by atoms with Gasteiger partial charge in [0, 0.05) is 6.04 Å². The van der Waals surface area contributed by atoms with Gasteiger partial charge in [-0.3, -0.25) is 4.79 Å². The summed E-state index contributed by atoms with van der Waals surface area (Å²) in [6.07, 6.45) is 3.43. The molecule has 1 heterocycles. The Morgan fingerprint density at radius 1 is 1.35 bits per heavy atom. The highest BCUT2D eigenvalue weighted by Crippen LogP contribution is 2.29. The molecule has 1 atom stereocenters. The van der Waals surface area contributed by atoms with Gasteiger partial charge in [0.2, 0.25) is 5.91 Å². The molecule has 0 spiro atoms. The lowest BCUT2D eigenvalue weighted by molar-refractivity contribution is -0.149. The van der Waals surface area contributed by atoms with E-state index in [1.807, 2.05) is 24.3 Å². The first-order valence-electron chi connectivity index (χ1n) is 7.42. The molecule has 0 saturated heterocycles. The van der Waals surface area contributed by atoms with Gasteiger partial charge in [-0.1, -0.05) is 12.1 Å². The minimum absolute atomic E-state index is 0.0640. The summed E-state index contributed by atoms with van der Waals surface area (Å²) in [4.78, 5) is 25.2. The zero-order chi connectivity index (χ0) is 16.4. The third-order valence-electron chi connectivity index (χ3n) is 3.91. The van der Waals surface area contributed by atoms with Gasteiger partial charge in [0.05, 0.1) is 12.1 Å². The normalized spacial score (nSPS) is 15.2. The fraction of sp³-hybridized carbons (Fsp3) is 0.400. The van der Waals surface area contributed by atoms with Crippen molar-refractivity contribution in [2.75, 3.05) is 0 Å². The van der Waals surface area contributed by atoms with E-state index >= 15 is 0 Å². The van der Waals surface area contributed by atoms with Crippen LogP contribution in [0.1, 0.15) is 25.3 Å². The van der Waals surface area contributed by atoms with Crippen LogP contribution in [0.15, 0.2) is 30.6 Å². The maximum Gasteiger partial charge on any atom is 0.326 e. The molecule has 0 radical (unpaired) electrons. The van der Waals surface area contributed by atoms with E-state index in [-0.39, 0.29) is 18.4 Å². The largest absolute Gasteiger partial charge is 0.480 e. The van der Waals surface area contributed by atoms with Gasteiger partial charge < -0.3 is 10.0 Å². The Balaban J connectivity index is 1.70.